The van der Waals surface area contributed by atoms with E-state index in [0.29, 0.717) is 5.92 Å². The predicted molar refractivity (Wildman–Crippen MR) is 72.4 cm³/mol. The van der Waals surface area contributed by atoms with Crippen LogP contribution in [0.25, 0.3) is 0 Å². The topological polar surface area (TPSA) is 51.3 Å². The Bertz CT molecular complexity index is 391. The average Bonchev–Trinajstić information content (AvgIpc) is 2.87. The Kier molecular flexibility index (Phi) is 4.42. The minimum absolute atomic E-state index is 0.170. The summed E-state index contributed by atoms with van der Waals surface area (Å²) >= 11 is 0. The molecule has 0 unspecified atom stereocenters. The van der Waals surface area contributed by atoms with Gasteiger partial charge in [-0.15, -0.1) is 0 Å². The van der Waals surface area contributed by atoms with Crippen LogP contribution < -0.4 is 5.73 Å². The maximum atomic E-state index is 12.4. The highest BCUT2D eigenvalue weighted by Gasteiger charge is 2.24. The van der Waals surface area contributed by atoms with Crippen LogP contribution in [0.1, 0.15) is 36.7 Å². The Labute approximate surface area is 109 Å². The van der Waals surface area contributed by atoms with Gasteiger partial charge in [0.2, 0.25) is 0 Å². The van der Waals surface area contributed by atoms with Crippen LogP contribution >= 0.6 is 0 Å². The van der Waals surface area contributed by atoms with Crippen LogP contribution in [0.5, 0.6) is 0 Å². The number of aryl methyl sites for hydroxylation is 1. The quantitative estimate of drug-likeness (QED) is 0.883. The van der Waals surface area contributed by atoms with Crippen LogP contribution in [0.2, 0.25) is 0 Å². The number of likely N-dealkylation sites (tertiary alicyclic amines) is 1. The van der Waals surface area contributed by atoms with Gasteiger partial charge in [0.15, 0.2) is 0 Å². The first-order chi connectivity index (χ1) is 8.76. The summed E-state index contributed by atoms with van der Waals surface area (Å²) in [6, 6.07) is 3.88. The molecule has 4 heteroatoms. The Morgan fingerprint density at radius 1 is 1.44 bits per heavy atom. The summed E-state index contributed by atoms with van der Waals surface area (Å²) in [7, 11) is 0. The van der Waals surface area contributed by atoms with Gasteiger partial charge in [-0.2, -0.15) is 0 Å². The van der Waals surface area contributed by atoms with Crippen molar-refractivity contribution >= 4 is 5.91 Å². The Hall–Kier alpha value is -1.29. The third kappa shape index (κ3) is 2.75. The molecule has 2 heterocycles. The number of carbonyl (C=O) groups excluding carboxylic acids is 1. The predicted octanol–water partition coefficient (Wildman–Crippen LogP) is 1.71. The standard InChI is InChI=1S/C14H23N3O/c1-2-7-16-8-3-4-13(16)14(18)17-9-5-12(11-15)6-10-17/h3-4,8,12H,2,5-7,9-11,15H2,1H3. The zero-order valence-electron chi connectivity index (χ0n) is 11.1. The highest BCUT2D eigenvalue weighted by molar-refractivity contribution is 5.92. The molecule has 1 saturated heterocycles. The van der Waals surface area contributed by atoms with Crippen LogP contribution in [-0.2, 0) is 6.54 Å². The molecule has 0 aromatic carbocycles. The molecule has 1 aliphatic heterocycles. The first-order valence-corrected chi connectivity index (χ1v) is 6.90. The molecule has 2 rings (SSSR count). The molecule has 0 spiro atoms. The van der Waals surface area contributed by atoms with Gasteiger partial charge in [-0.05, 0) is 43.9 Å². The fourth-order valence-electron chi connectivity index (χ4n) is 2.58. The number of rotatable bonds is 4. The van der Waals surface area contributed by atoms with E-state index < -0.39 is 0 Å². The van der Waals surface area contributed by atoms with Gasteiger partial charge < -0.3 is 15.2 Å². The number of nitrogens with zero attached hydrogens (tertiary/aromatic N) is 2. The van der Waals surface area contributed by atoms with Crippen LogP contribution in [-0.4, -0.2) is 35.0 Å². The van der Waals surface area contributed by atoms with E-state index in [2.05, 4.69) is 11.5 Å². The summed E-state index contributed by atoms with van der Waals surface area (Å²) < 4.78 is 2.05. The first-order valence-electron chi connectivity index (χ1n) is 6.90. The Morgan fingerprint density at radius 2 is 2.17 bits per heavy atom. The number of piperidine rings is 1. The van der Waals surface area contributed by atoms with Gasteiger partial charge in [-0.25, -0.2) is 0 Å². The second-order valence-electron chi connectivity index (χ2n) is 5.06. The Morgan fingerprint density at radius 3 is 2.78 bits per heavy atom. The number of hydrogen-bond acceptors (Lipinski definition) is 2. The summed E-state index contributed by atoms with van der Waals surface area (Å²) in [5.41, 5.74) is 6.50. The van der Waals surface area contributed by atoms with Crippen molar-refractivity contribution < 1.29 is 4.79 Å². The third-order valence-electron chi connectivity index (χ3n) is 3.75. The van der Waals surface area contributed by atoms with Crippen molar-refractivity contribution in [3.8, 4) is 0 Å². The molecular formula is C14H23N3O. The first kappa shape index (κ1) is 13.1. The number of hydrogen-bond donors (Lipinski definition) is 1. The maximum absolute atomic E-state index is 12.4. The van der Waals surface area contributed by atoms with Crippen molar-refractivity contribution in [2.24, 2.45) is 11.7 Å². The van der Waals surface area contributed by atoms with E-state index in [1.807, 2.05) is 23.2 Å². The molecule has 100 valence electrons. The largest absolute Gasteiger partial charge is 0.344 e. The number of aromatic nitrogens is 1. The lowest BCUT2D eigenvalue weighted by Gasteiger charge is -2.31. The second kappa shape index (κ2) is 6.05. The van der Waals surface area contributed by atoms with Crippen molar-refractivity contribution in [1.29, 1.82) is 0 Å². The van der Waals surface area contributed by atoms with Crippen molar-refractivity contribution in [2.45, 2.75) is 32.7 Å². The molecule has 4 nitrogen and oxygen atoms in total. The fraction of sp³-hybridized carbons (Fsp3) is 0.643. The van der Waals surface area contributed by atoms with Gasteiger partial charge in [0.25, 0.3) is 5.91 Å². The molecule has 1 fully saturated rings. The number of carbonyl (C=O) groups is 1. The summed E-state index contributed by atoms with van der Waals surface area (Å²) in [6.07, 6.45) is 5.11. The maximum Gasteiger partial charge on any atom is 0.270 e. The van der Waals surface area contributed by atoms with Crippen molar-refractivity contribution in [2.75, 3.05) is 19.6 Å². The molecule has 0 radical (unpaired) electrons. The van der Waals surface area contributed by atoms with Crippen LogP contribution in [0.15, 0.2) is 18.3 Å². The van der Waals surface area contributed by atoms with Gasteiger partial charge in [0, 0.05) is 25.8 Å². The molecule has 1 aromatic rings. The molecule has 0 bridgehead atoms. The summed E-state index contributed by atoms with van der Waals surface area (Å²) in [5.74, 6) is 0.764. The SMILES string of the molecule is CCCn1cccc1C(=O)N1CCC(CN)CC1. The van der Waals surface area contributed by atoms with Crippen molar-refractivity contribution in [3.05, 3.63) is 24.0 Å². The van der Waals surface area contributed by atoms with Gasteiger partial charge in [-0.1, -0.05) is 6.92 Å². The molecule has 1 amide bonds. The van der Waals surface area contributed by atoms with E-state index >= 15 is 0 Å². The fourth-order valence-corrected chi connectivity index (χ4v) is 2.58. The number of amides is 1. The van der Waals surface area contributed by atoms with E-state index in [4.69, 9.17) is 5.73 Å². The third-order valence-corrected chi connectivity index (χ3v) is 3.75. The molecular weight excluding hydrogens is 226 g/mol. The minimum Gasteiger partial charge on any atom is -0.344 e. The van der Waals surface area contributed by atoms with Crippen molar-refractivity contribution in [3.63, 3.8) is 0 Å². The van der Waals surface area contributed by atoms with Gasteiger partial charge >= 0.3 is 0 Å². The van der Waals surface area contributed by atoms with Gasteiger partial charge in [0.1, 0.15) is 5.69 Å². The van der Waals surface area contributed by atoms with E-state index in [-0.39, 0.29) is 5.91 Å². The highest BCUT2D eigenvalue weighted by Crippen LogP contribution is 2.18. The number of nitrogens with two attached hydrogens (primary N) is 1. The van der Waals surface area contributed by atoms with E-state index in [9.17, 15) is 4.79 Å². The summed E-state index contributed by atoms with van der Waals surface area (Å²) in [4.78, 5) is 14.4. The molecule has 1 aromatic heterocycles. The highest BCUT2D eigenvalue weighted by atomic mass is 16.2. The monoisotopic (exact) mass is 249 g/mol. The van der Waals surface area contributed by atoms with E-state index in [1.54, 1.807) is 0 Å². The molecule has 18 heavy (non-hydrogen) atoms. The summed E-state index contributed by atoms with van der Waals surface area (Å²) in [5, 5.41) is 0. The normalized spacial score (nSPS) is 17.1. The zero-order chi connectivity index (χ0) is 13.0. The molecule has 1 aliphatic rings. The second-order valence-corrected chi connectivity index (χ2v) is 5.06. The molecule has 0 aliphatic carbocycles. The van der Waals surface area contributed by atoms with Crippen LogP contribution in [0.4, 0.5) is 0 Å². The van der Waals surface area contributed by atoms with E-state index in [0.717, 1.165) is 51.1 Å². The lowest BCUT2D eigenvalue weighted by Crippen LogP contribution is -2.40. The van der Waals surface area contributed by atoms with E-state index in [1.165, 1.54) is 0 Å². The average molecular weight is 249 g/mol. The zero-order valence-corrected chi connectivity index (χ0v) is 11.1. The molecule has 2 N–H and O–H groups in total. The van der Waals surface area contributed by atoms with Gasteiger partial charge in [0.05, 0.1) is 0 Å². The van der Waals surface area contributed by atoms with Crippen LogP contribution in [0, 0.1) is 5.92 Å². The summed E-state index contributed by atoms with van der Waals surface area (Å²) in [6.45, 7) is 5.47. The van der Waals surface area contributed by atoms with Gasteiger partial charge in [-0.3, -0.25) is 4.79 Å². The van der Waals surface area contributed by atoms with Crippen molar-refractivity contribution in [1.82, 2.24) is 9.47 Å². The minimum atomic E-state index is 0.170. The lowest BCUT2D eigenvalue weighted by atomic mass is 9.97. The Balaban J connectivity index is 2.01. The molecule has 0 saturated carbocycles. The molecule has 0 atom stereocenters. The lowest BCUT2D eigenvalue weighted by molar-refractivity contribution is 0.0682. The smallest absolute Gasteiger partial charge is 0.270 e. The van der Waals surface area contributed by atoms with Crippen LogP contribution in [0.3, 0.4) is 0 Å².